The molecule has 3 rings (SSSR count). The lowest BCUT2D eigenvalue weighted by Gasteiger charge is -2.38. The van der Waals surface area contributed by atoms with E-state index in [2.05, 4.69) is 18.2 Å². The van der Waals surface area contributed by atoms with Crippen molar-refractivity contribution >= 4 is 18.3 Å². The lowest BCUT2D eigenvalue weighted by Crippen LogP contribution is -2.52. The average molecular weight is 337 g/mol. The molecule has 3 nitrogen and oxygen atoms in total. The summed E-state index contributed by atoms with van der Waals surface area (Å²) in [6.07, 6.45) is 8.82. The molecule has 1 aliphatic heterocycles. The first kappa shape index (κ1) is 18.3. The van der Waals surface area contributed by atoms with Crippen molar-refractivity contribution in [2.24, 2.45) is 5.73 Å². The van der Waals surface area contributed by atoms with E-state index >= 15 is 0 Å². The average Bonchev–Trinajstić information content (AvgIpc) is 2.54. The van der Waals surface area contributed by atoms with Crippen molar-refractivity contribution < 1.29 is 4.79 Å². The van der Waals surface area contributed by atoms with E-state index in [4.69, 9.17) is 5.73 Å². The van der Waals surface area contributed by atoms with Gasteiger partial charge >= 0.3 is 0 Å². The topological polar surface area (TPSA) is 46.3 Å². The molecule has 1 aromatic rings. The van der Waals surface area contributed by atoms with Gasteiger partial charge in [0, 0.05) is 18.6 Å². The predicted octanol–water partition coefficient (Wildman–Crippen LogP) is 3.26. The van der Waals surface area contributed by atoms with E-state index in [1.54, 1.807) is 0 Å². The number of nitrogens with two attached hydrogens (primary N) is 1. The minimum Gasteiger partial charge on any atom is -0.338 e. The largest absolute Gasteiger partial charge is 0.338 e. The maximum Gasteiger partial charge on any atom is 0.227 e. The van der Waals surface area contributed by atoms with Crippen molar-refractivity contribution in [3.8, 4) is 0 Å². The Kier molecular flexibility index (Phi) is 6.49. The van der Waals surface area contributed by atoms with Crippen molar-refractivity contribution in [2.75, 3.05) is 6.54 Å². The Bertz CT molecular complexity index is 544. The number of rotatable bonds is 3. The molecule has 2 aliphatic rings. The van der Waals surface area contributed by atoms with Crippen molar-refractivity contribution in [3.05, 3.63) is 34.9 Å². The van der Waals surface area contributed by atoms with E-state index in [0.29, 0.717) is 6.42 Å². The van der Waals surface area contributed by atoms with Gasteiger partial charge in [-0.05, 0) is 68.6 Å². The third-order valence-corrected chi connectivity index (χ3v) is 5.24. The van der Waals surface area contributed by atoms with Crippen LogP contribution in [0.15, 0.2) is 18.2 Å². The first-order valence-electron chi connectivity index (χ1n) is 8.81. The molecule has 1 saturated heterocycles. The van der Waals surface area contributed by atoms with Gasteiger partial charge in [0.1, 0.15) is 0 Å². The Labute approximate surface area is 146 Å². The summed E-state index contributed by atoms with van der Waals surface area (Å²) in [5.74, 6) is 0.248. The van der Waals surface area contributed by atoms with Crippen molar-refractivity contribution in [2.45, 2.75) is 70.4 Å². The molecule has 128 valence electrons. The second-order valence-electron chi connectivity index (χ2n) is 7.00. The molecule has 1 amide bonds. The van der Waals surface area contributed by atoms with Gasteiger partial charge in [-0.3, -0.25) is 4.79 Å². The number of benzene rings is 1. The molecule has 0 spiro atoms. The molecule has 0 radical (unpaired) electrons. The molecule has 4 heteroatoms. The number of amides is 1. The number of nitrogens with zero attached hydrogens (tertiary/aromatic N) is 1. The number of likely N-dealkylation sites (tertiary alicyclic amines) is 1. The van der Waals surface area contributed by atoms with Crippen LogP contribution in [0.3, 0.4) is 0 Å². The number of carbonyl (C=O) groups is 1. The summed E-state index contributed by atoms with van der Waals surface area (Å²) < 4.78 is 0. The van der Waals surface area contributed by atoms with E-state index in [1.807, 2.05) is 11.8 Å². The van der Waals surface area contributed by atoms with Crippen LogP contribution in [0.25, 0.3) is 0 Å². The Hall–Kier alpha value is -1.06. The Morgan fingerprint density at radius 3 is 2.70 bits per heavy atom. The van der Waals surface area contributed by atoms with Crippen molar-refractivity contribution in [1.82, 2.24) is 4.90 Å². The fraction of sp³-hybridized carbons (Fsp3) is 0.632. The fourth-order valence-electron chi connectivity index (χ4n) is 3.99. The zero-order valence-electron chi connectivity index (χ0n) is 14.1. The molecule has 1 fully saturated rings. The SMILES string of the molecule is CC(N)C1CCCCN1C(=O)Cc1ccc2c(c1)CCCC2.Cl. The second-order valence-corrected chi connectivity index (χ2v) is 7.00. The van der Waals surface area contributed by atoms with Crippen LogP contribution in [0.5, 0.6) is 0 Å². The van der Waals surface area contributed by atoms with Gasteiger partial charge in [-0.2, -0.15) is 0 Å². The lowest BCUT2D eigenvalue weighted by atomic mass is 9.89. The molecule has 23 heavy (non-hydrogen) atoms. The van der Waals surface area contributed by atoms with Crippen molar-refractivity contribution in [3.63, 3.8) is 0 Å². The molecule has 1 heterocycles. The van der Waals surface area contributed by atoms with Gasteiger partial charge in [0.15, 0.2) is 0 Å². The molecule has 1 aromatic carbocycles. The van der Waals surface area contributed by atoms with Crippen LogP contribution in [0.4, 0.5) is 0 Å². The number of piperidine rings is 1. The Morgan fingerprint density at radius 2 is 1.96 bits per heavy atom. The summed E-state index contributed by atoms with van der Waals surface area (Å²) in [5, 5.41) is 0. The summed E-state index contributed by atoms with van der Waals surface area (Å²) in [4.78, 5) is 14.8. The highest BCUT2D eigenvalue weighted by Crippen LogP contribution is 2.24. The van der Waals surface area contributed by atoms with Crippen LogP contribution in [0.2, 0.25) is 0 Å². The van der Waals surface area contributed by atoms with E-state index in [1.165, 1.54) is 48.8 Å². The first-order valence-corrected chi connectivity index (χ1v) is 8.81. The number of halogens is 1. The highest BCUT2D eigenvalue weighted by atomic mass is 35.5. The fourth-order valence-corrected chi connectivity index (χ4v) is 3.99. The third-order valence-electron chi connectivity index (χ3n) is 5.24. The standard InChI is InChI=1S/C19H28N2O.ClH/c1-14(20)18-8-4-5-11-21(18)19(22)13-15-9-10-16-6-2-3-7-17(16)12-15;/h9-10,12,14,18H,2-8,11,13,20H2,1H3;1H. The molecule has 1 aliphatic carbocycles. The van der Waals surface area contributed by atoms with Crippen LogP contribution >= 0.6 is 12.4 Å². The zero-order chi connectivity index (χ0) is 15.5. The maximum atomic E-state index is 12.7. The van der Waals surface area contributed by atoms with Gasteiger partial charge in [0.05, 0.1) is 6.42 Å². The van der Waals surface area contributed by atoms with Gasteiger partial charge < -0.3 is 10.6 Å². The number of fused-ring (bicyclic) bond motifs is 1. The smallest absolute Gasteiger partial charge is 0.227 e. The third kappa shape index (κ3) is 4.27. The summed E-state index contributed by atoms with van der Waals surface area (Å²) in [7, 11) is 0. The summed E-state index contributed by atoms with van der Waals surface area (Å²) in [6.45, 7) is 2.89. The molecule has 2 unspecified atom stereocenters. The molecule has 0 saturated carbocycles. The summed E-state index contributed by atoms with van der Waals surface area (Å²) >= 11 is 0. The number of aryl methyl sites for hydroxylation is 2. The number of hydrogen-bond donors (Lipinski definition) is 1. The molecule has 2 atom stereocenters. The van der Waals surface area contributed by atoms with Crippen LogP contribution in [-0.4, -0.2) is 29.4 Å². The molecule has 2 N–H and O–H groups in total. The minimum absolute atomic E-state index is 0. The van der Waals surface area contributed by atoms with Gasteiger partial charge in [0.25, 0.3) is 0 Å². The van der Waals surface area contributed by atoms with E-state index in [0.717, 1.165) is 19.4 Å². The molecular weight excluding hydrogens is 308 g/mol. The quantitative estimate of drug-likeness (QED) is 0.920. The summed E-state index contributed by atoms with van der Waals surface area (Å²) in [5.41, 5.74) is 10.2. The van der Waals surface area contributed by atoms with Gasteiger partial charge in [-0.1, -0.05) is 18.2 Å². The molecule has 0 aromatic heterocycles. The van der Waals surface area contributed by atoms with E-state index < -0.39 is 0 Å². The Balaban J connectivity index is 0.00000192. The van der Waals surface area contributed by atoms with E-state index in [9.17, 15) is 4.79 Å². The Morgan fingerprint density at radius 1 is 1.22 bits per heavy atom. The van der Waals surface area contributed by atoms with Crippen LogP contribution in [-0.2, 0) is 24.1 Å². The second kappa shape index (κ2) is 8.16. The monoisotopic (exact) mass is 336 g/mol. The predicted molar refractivity (Wildman–Crippen MR) is 97.0 cm³/mol. The minimum atomic E-state index is 0. The van der Waals surface area contributed by atoms with E-state index in [-0.39, 0.29) is 30.4 Å². The summed E-state index contributed by atoms with van der Waals surface area (Å²) in [6, 6.07) is 6.92. The first-order chi connectivity index (χ1) is 10.6. The van der Waals surface area contributed by atoms with Crippen LogP contribution < -0.4 is 5.73 Å². The van der Waals surface area contributed by atoms with Crippen molar-refractivity contribution in [1.29, 1.82) is 0 Å². The highest BCUT2D eigenvalue weighted by molar-refractivity contribution is 5.85. The lowest BCUT2D eigenvalue weighted by molar-refractivity contribution is -0.134. The molecular formula is C19H29ClN2O. The van der Waals surface area contributed by atoms with Gasteiger partial charge in [0.2, 0.25) is 5.91 Å². The highest BCUT2D eigenvalue weighted by Gasteiger charge is 2.29. The number of hydrogen-bond acceptors (Lipinski definition) is 2. The zero-order valence-corrected chi connectivity index (χ0v) is 14.9. The van der Waals surface area contributed by atoms with Gasteiger partial charge in [-0.25, -0.2) is 0 Å². The van der Waals surface area contributed by atoms with Crippen LogP contribution in [0, 0.1) is 0 Å². The van der Waals surface area contributed by atoms with Crippen LogP contribution in [0.1, 0.15) is 55.7 Å². The van der Waals surface area contributed by atoms with Gasteiger partial charge in [-0.15, -0.1) is 12.4 Å². The number of carbonyl (C=O) groups excluding carboxylic acids is 1. The maximum absolute atomic E-state index is 12.7. The molecule has 0 bridgehead atoms. The normalized spacial score (nSPS) is 22.0.